The molecule has 0 spiro atoms. The number of aromatic nitrogens is 2. The van der Waals surface area contributed by atoms with E-state index in [-0.39, 0.29) is 11.2 Å². The van der Waals surface area contributed by atoms with E-state index in [0.29, 0.717) is 35.4 Å². The smallest absolute Gasteiger partial charge is 0.331 e. The van der Waals surface area contributed by atoms with Gasteiger partial charge in [-0.2, -0.15) is 0 Å². The quantitative estimate of drug-likeness (QED) is 0.428. The molecule has 0 bridgehead atoms. The lowest BCUT2D eigenvalue weighted by atomic mass is 10.1. The van der Waals surface area contributed by atoms with Gasteiger partial charge in [0.2, 0.25) is 0 Å². The second-order valence-corrected chi connectivity index (χ2v) is 9.39. The van der Waals surface area contributed by atoms with Crippen LogP contribution in [0.1, 0.15) is 17.5 Å². The molecule has 2 heterocycles. The van der Waals surface area contributed by atoms with Crippen LogP contribution in [-0.2, 0) is 19.5 Å². The maximum atomic E-state index is 13.8. The highest BCUT2D eigenvalue weighted by Crippen LogP contribution is 2.29. The first-order valence-electron chi connectivity index (χ1n) is 12.1. The summed E-state index contributed by atoms with van der Waals surface area (Å²) >= 11 is 6.55. The van der Waals surface area contributed by atoms with Gasteiger partial charge in [-0.3, -0.25) is 13.9 Å². The molecule has 1 aliphatic heterocycles. The Hall–Kier alpha value is -3.35. The van der Waals surface area contributed by atoms with Crippen molar-refractivity contribution < 1.29 is 0 Å². The molecule has 5 rings (SSSR count). The van der Waals surface area contributed by atoms with Crippen LogP contribution in [-0.4, -0.2) is 35.3 Å². The van der Waals surface area contributed by atoms with E-state index < -0.39 is 0 Å². The number of nitrogens with one attached hydrogen (secondary N) is 1. The van der Waals surface area contributed by atoms with Crippen LogP contribution in [0, 0.1) is 0 Å². The summed E-state index contributed by atoms with van der Waals surface area (Å²) < 4.78 is 3.11. The van der Waals surface area contributed by atoms with Crippen LogP contribution in [0.2, 0.25) is 5.02 Å². The van der Waals surface area contributed by atoms with Gasteiger partial charge in [0.1, 0.15) is 0 Å². The van der Waals surface area contributed by atoms with E-state index in [1.807, 2.05) is 54.6 Å². The van der Waals surface area contributed by atoms with E-state index in [1.54, 1.807) is 10.6 Å². The van der Waals surface area contributed by atoms with Crippen molar-refractivity contribution in [3.8, 4) is 0 Å². The van der Waals surface area contributed by atoms with Crippen molar-refractivity contribution in [2.45, 2.75) is 25.9 Å². The van der Waals surface area contributed by atoms with Gasteiger partial charge < -0.3 is 10.2 Å². The minimum atomic E-state index is -0.298. The van der Waals surface area contributed by atoms with E-state index in [2.05, 4.69) is 22.3 Å². The highest BCUT2D eigenvalue weighted by Gasteiger charge is 2.21. The van der Waals surface area contributed by atoms with E-state index in [1.165, 1.54) is 10.1 Å². The zero-order valence-electron chi connectivity index (χ0n) is 19.6. The molecule has 7 heteroatoms. The van der Waals surface area contributed by atoms with E-state index in [4.69, 9.17) is 11.6 Å². The second kappa shape index (κ2) is 10.5. The fourth-order valence-corrected chi connectivity index (χ4v) is 5.04. The maximum Gasteiger partial charge on any atom is 0.331 e. The molecule has 0 aliphatic carbocycles. The van der Waals surface area contributed by atoms with Crippen molar-refractivity contribution in [3.05, 3.63) is 110 Å². The number of fused-ring (bicyclic) bond motifs is 1. The van der Waals surface area contributed by atoms with Crippen molar-refractivity contribution in [2.24, 2.45) is 0 Å². The average molecular weight is 489 g/mol. The fraction of sp³-hybridized carbons (Fsp3) is 0.286. The van der Waals surface area contributed by atoms with E-state index in [0.717, 1.165) is 43.9 Å². The third-order valence-electron chi connectivity index (χ3n) is 6.60. The molecule has 1 saturated heterocycles. The molecule has 1 aromatic heterocycles. The summed E-state index contributed by atoms with van der Waals surface area (Å²) in [6.45, 7) is 3.96. The Morgan fingerprint density at radius 3 is 2.17 bits per heavy atom. The Morgan fingerprint density at radius 1 is 0.829 bits per heavy atom. The zero-order valence-corrected chi connectivity index (χ0v) is 20.4. The highest BCUT2D eigenvalue weighted by atomic mass is 35.5. The molecule has 180 valence electrons. The number of nitrogens with zero attached hydrogens (tertiary/aromatic N) is 3. The molecule has 3 aromatic carbocycles. The molecule has 0 atom stereocenters. The van der Waals surface area contributed by atoms with Gasteiger partial charge in [-0.15, -0.1) is 0 Å². The monoisotopic (exact) mass is 488 g/mol. The van der Waals surface area contributed by atoms with Gasteiger partial charge in [-0.25, -0.2) is 4.79 Å². The lowest BCUT2D eigenvalue weighted by Crippen LogP contribution is -2.45. The number of rotatable bonds is 7. The van der Waals surface area contributed by atoms with Gasteiger partial charge in [0.25, 0.3) is 5.56 Å². The zero-order chi connectivity index (χ0) is 24.2. The molecule has 0 unspecified atom stereocenters. The first-order valence-corrected chi connectivity index (χ1v) is 12.5. The van der Waals surface area contributed by atoms with Crippen LogP contribution in [0.15, 0.2) is 82.4 Å². The second-order valence-electron chi connectivity index (χ2n) is 8.96. The molecular weight excluding hydrogens is 460 g/mol. The Bertz CT molecular complexity index is 1430. The number of benzene rings is 3. The van der Waals surface area contributed by atoms with Crippen LogP contribution in [0.4, 0.5) is 5.69 Å². The van der Waals surface area contributed by atoms with Crippen molar-refractivity contribution in [1.82, 2.24) is 14.5 Å². The molecule has 4 aromatic rings. The number of piperazine rings is 1. The number of anilines is 1. The Kier molecular flexibility index (Phi) is 7.02. The van der Waals surface area contributed by atoms with Gasteiger partial charge >= 0.3 is 5.69 Å². The normalized spacial score (nSPS) is 13.9. The Balaban J connectivity index is 1.64. The fourth-order valence-electron chi connectivity index (χ4n) is 4.84. The SMILES string of the molecule is O=c1c2c(N3CCNCC3)cc(Cl)cc2n(Cc2ccccc2)c(=O)n1CCCc1ccccc1. The van der Waals surface area contributed by atoms with Gasteiger partial charge in [0, 0.05) is 37.7 Å². The predicted molar refractivity (Wildman–Crippen MR) is 143 cm³/mol. The Labute approximate surface area is 209 Å². The van der Waals surface area contributed by atoms with Crippen LogP contribution in [0.3, 0.4) is 0 Å². The van der Waals surface area contributed by atoms with Crippen LogP contribution in [0.5, 0.6) is 0 Å². The highest BCUT2D eigenvalue weighted by molar-refractivity contribution is 6.31. The third-order valence-corrected chi connectivity index (χ3v) is 6.82. The summed E-state index contributed by atoms with van der Waals surface area (Å²) in [6, 6.07) is 23.6. The molecular formula is C28H29ClN4O2. The summed E-state index contributed by atoms with van der Waals surface area (Å²) in [6.07, 6.45) is 1.50. The lowest BCUT2D eigenvalue weighted by Gasteiger charge is -2.31. The largest absolute Gasteiger partial charge is 0.368 e. The van der Waals surface area contributed by atoms with Crippen LogP contribution < -0.4 is 21.5 Å². The summed E-state index contributed by atoms with van der Waals surface area (Å²) in [5.74, 6) is 0. The number of aryl methyl sites for hydroxylation is 1. The van der Waals surface area contributed by atoms with Gasteiger partial charge in [0.15, 0.2) is 0 Å². The van der Waals surface area contributed by atoms with Crippen LogP contribution in [0.25, 0.3) is 10.9 Å². The van der Waals surface area contributed by atoms with Gasteiger partial charge in [0.05, 0.1) is 23.1 Å². The van der Waals surface area contributed by atoms with E-state index in [9.17, 15) is 9.59 Å². The Morgan fingerprint density at radius 2 is 1.49 bits per heavy atom. The van der Waals surface area contributed by atoms with Gasteiger partial charge in [-0.1, -0.05) is 72.3 Å². The minimum Gasteiger partial charge on any atom is -0.368 e. The average Bonchev–Trinajstić information content (AvgIpc) is 2.89. The number of hydrogen-bond acceptors (Lipinski definition) is 4. The number of halogens is 1. The molecule has 1 N–H and O–H groups in total. The molecule has 0 radical (unpaired) electrons. The molecule has 1 fully saturated rings. The predicted octanol–water partition coefficient (Wildman–Crippen LogP) is 3.91. The minimum absolute atomic E-state index is 0.243. The first kappa shape index (κ1) is 23.4. The molecule has 0 saturated carbocycles. The lowest BCUT2D eigenvalue weighted by molar-refractivity contribution is 0.562. The van der Waals surface area contributed by atoms with Crippen molar-refractivity contribution in [2.75, 3.05) is 31.1 Å². The maximum absolute atomic E-state index is 13.8. The summed E-state index contributed by atoms with van der Waals surface area (Å²) in [7, 11) is 0. The summed E-state index contributed by atoms with van der Waals surface area (Å²) in [5.41, 5.74) is 3.04. The molecule has 6 nitrogen and oxygen atoms in total. The molecule has 35 heavy (non-hydrogen) atoms. The van der Waals surface area contributed by atoms with Gasteiger partial charge in [-0.05, 0) is 36.1 Å². The number of hydrogen-bond donors (Lipinski definition) is 1. The van der Waals surface area contributed by atoms with Crippen molar-refractivity contribution in [1.29, 1.82) is 0 Å². The van der Waals surface area contributed by atoms with Crippen LogP contribution >= 0.6 is 11.6 Å². The van der Waals surface area contributed by atoms with Crippen molar-refractivity contribution >= 4 is 28.2 Å². The standard InChI is InChI=1S/C28H29ClN4O2/c29-23-18-24(31-16-13-30-14-17-31)26-25(19-23)33(20-22-10-5-2-6-11-22)28(35)32(27(26)34)15-7-12-21-8-3-1-4-9-21/h1-6,8-11,18-19,30H,7,12-17,20H2. The molecule has 0 amide bonds. The van der Waals surface area contributed by atoms with Crippen molar-refractivity contribution in [3.63, 3.8) is 0 Å². The summed E-state index contributed by atoms with van der Waals surface area (Å²) in [4.78, 5) is 29.7. The topological polar surface area (TPSA) is 59.3 Å². The first-order chi connectivity index (χ1) is 17.1. The third kappa shape index (κ3) is 5.04. The van der Waals surface area contributed by atoms with E-state index >= 15 is 0 Å². The molecule has 1 aliphatic rings. The summed E-state index contributed by atoms with van der Waals surface area (Å²) in [5, 5.41) is 4.44.